The van der Waals surface area contributed by atoms with Crippen LogP contribution in [0.25, 0.3) is 0 Å². The van der Waals surface area contributed by atoms with Crippen molar-refractivity contribution in [2.45, 2.75) is 409 Å². The molecule has 0 aromatic heterocycles. The van der Waals surface area contributed by atoms with E-state index >= 15 is 0 Å². The predicted octanol–water partition coefficient (Wildman–Crippen LogP) is 22.2. The minimum Gasteiger partial charge on any atom is -0.295 e. The highest BCUT2D eigenvalue weighted by atomic mass is 15.3. The molecule has 3 nitrogen and oxygen atoms in total. The van der Waals surface area contributed by atoms with Gasteiger partial charge < -0.3 is 0 Å². The Hall–Kier alpha value is -0.0551. The molecule has 0 spiro atoms. The highest BCUT2D eigenvalue weighted by Gasteiger charge is 2.68. The van der Waals surface area contributed by atoms with Crippen molar-refractivity contribution in [1.29, 1.82) is 0 Å². The van der Waals surface area contributed by atoms with E-state index in [2.05, 4.69) is 56.2 Å². The second-order valence-corrected chi connectivity index (χ2v) is 40.4. The first-order chi connectivity index (χ1) is 42.9. The van der Waals surface area contributed by atoms with E-state index in [1.54, 1.807) is 238 Å². The van der Waals surface area contributed by atoms with Gasteiger partial charge in [0.2, 0.25) is 0 Å². The molecule has 3 heterocycles. The van der Waals surface area contributed by atoms with Gasteiger partial charge in [-0.1, -0.05) is 183 Å². The van der Waals surface area contributed by atoms with Gasteiger partial charge in [0.05, 0.1) is 0 Å². The minimum atomic E-state index is 0.449. The molecule has 14 saturated carbocycles. The van der Waals surface area contributed by atoms with Crippen molar-refractivity contribution in [1.82, 2.24) is 14.7 Å². The topological polar surface area (TPSA) is 9.72 Å². The Bertz CT molecular complexity index is 2290. The van der Waals surface area contributed by atoms with E-state index in [1.165, 1.54) is 57.8 Å². The lowest BCUT2D eigenvalue weighted by Crippen LogP contribution is -2.76. The summed E-state index contributed by atoms with van der Waals surface area (Å²) in [5, 5.41) is 0. The van der Waals surface area contributed by atoms with Crippen LogP contribution in [0.2, 0.25) is 17.5 Å². The van der Waals surface area contributed by atoms with Crippen molar-refractivity contribution >= 4 is 6.71 Å². The van der Waals surface area contributed by atoms with E-state index in [-0.39, 0.29) is 0 Å². The van der Waals surface area contributed by atoms with Crippen molar-refractivity contribution in [2.75, 3.05) is 0 Å². The molecule has 17 rings (SSSR count). The fraction of sp³-hybridized carbons (Fsp3) is 1.00. The van der Waals surface area contributed by atoms with Gasteiger partial charge in [-0.3, -0.25) is 14.7 Å². The summed E-state index contributed by atoms with van der Waals surface area (Å²) >= 11 is 0. The smallest absolute Gasteiger partial charge is 0.156 e. The minimum absolute atomic E-state index is 0.449. The third kappa shape index (κ3) is 11.0. The molecule has 0 amide bonds. The second-order valence-electron chi connectivity index (χ2n) is 40.4. The summed E-state index contributed by atoms with van der Waals surface area (Å²) < 4.78 is 0. The Morgan fingerprint density at radius 3 is 1.23 bits per heavy atom. The highest BCUT2D eigenvalue weighted by molar-refractivity contribution is 6.65. The van der Waals surface area contributed by atoms with Gasteiger partial charge in [0, 0.05) is 54.4 Å². The van der Waals surface area contributed by atoms with E-state index in [1.807, 2.05) is 0 Å². The lowest BCUT2D eigenvalue weighted by molar-refractivity contribution is -0.155. The van der Waals surface area contributed by atoms with E-state index in [4.69, 9.17) is 0 Å². The van der Waals surface area contributed by atoms with Crippen LogP contribution in [0.15, 0.2) is 0 Å². The van der Waals surface area contributed by atoms with Gasteiger partial charge >= 0.3 is 0 Å². The Morgan fingerprint density at radius 1 is 0.239 bits per heavy atom. The first-order valence-electron chi connectivity index (χ1n) is 42.2. The molecule has 17 aliphatic rings. The van der Waals surface area contributed by atoms with Gasteiger partial charge in [-0.05, 0) is 289 Å². The first kappa shape index (κ1) is 61.5. The normalized spacial score (nSPS) is 51.1. The van der Waals surface area contributed by atoms with Gasteiger partial charge in [-0.2, -0.15) is 0 Å². The summed E-state index contributed by atoms with van der Waals surface area (Å²) in [7, 11) is 0. The Morgan fingerprint density at radius 2 is 0.670 bits per heavy atom. The summed E-state index contributed by atoms with van der Waals surface area (Å²) in [6.45, 7) is 17.1. The Balaban J connectivity index is 0.775. The van der Waals surface area contributed by atoms with Crippen molar-refractivity contribution in [3.8, 4) is 0 Å². The maximum absolute atomic E-state index is 3.79. The monoisotopic (exact) mass is 1200 g/mol. The molecule has 0 aromatic carbocycles. The maximum atomic E-state index is 3.79. The number of nitrogens with zero attached hydrogens (tertiary/aromatic N) is 3. The standard InChI is InChI=1S/C84H140BN3/c1-83(2,3)63-44-60-30-31-61-45-64(84(4,5)6)50-71-70(47-62(46-63)80(60)81(61)71)59-36-42-72-77(49-59)87(66-40-34-57(35-41-66)54-22-12-8-13-23-54)79-52-67(88-74-28-18-16-26-68(74)69-27-17-19-29-75(69)88)51-78-82(79)85(72)73-48-58(55-24-14-9-15-25-55)37-43-76(73)86(78)65-38-32-56(33-39-65)53-20-10-7-11-21-53/h53-82H,7-52H2,1-6H3. The number of rotatable bonds is 7. The third-order valence-electron chi connectivity index (χ3n) is 35.2. The van der Waals surface area contributed by atoms with Crippen molar-refractivity contribution < 1.29 is 0 Å². The molecule has 494 valence electrons. The fourth-order valence-electron chi connectivity index (χ4n) is 31.7. The molecule has 0 aromatic rings. The molecule has 88 heavy (non-hydrogen) atoms. The van der Waals surface area contributed by atoms with Crippen LogP contribution in [0.3, 0.4) is 0 Å². The van der Waals surface area contributed by atoms with Crippen LogP contribution < -0.4 is 0 Å². The van der Waals surface area contributed by atoms with Crippen LogP contribution in [0.5, 0.6) is 0 Å². The van der Waals surface area contributed by atoms with Gasteiger partial charge in [-0.15, -0.1) is 0 Å². The van der Waals surface area contributed by atoms with Crippen molar-refractivity contribution in [2.24, 2.45) is 117 Å². The zero-order valence-electron chi connectivity index (χ0n) is 58.8. The van der Waals surface area contributed by atoms with E-state index in [9.17, 15) is 0 Å². The summed E-state index contributed by atoms with van der Waals surface area (Å²) in [5.74, 6) is 21.4. The van der Waals surface area contributed by atoms with Crippen molar-refractivity contribution in [3.63, 3.8) is 0 Å². The maximum Gasteiger partial charge on any atom is 0.156 e. The van der Waals surface area contributed by atoms with Crippen molar-refractivity contribution in [3.05, 3.63) is 0 Å². The van der Waals surface area contributed by atoms with E-state index < -0.39 is 0 Å². The molecular formula is C84H140BN3. The average molecular weight is 1200 g/mol. The summed E-state index contributed by atoms with van der Waals surface area (Å²) in [4.78, 5) is 11.1. The highest BCUT2D eigenvalue weighted by Crippen LogP contribution is 2.70. The molecule has 0 radical (unpaired) electrons. The van der Waals surface area contributed by atoms with Crippen LogP contribution in [0, 0.1) is 117 Å². The first-order valence-corrected chi connectivity index (χ1v) is 42.2. The van der Waals surface area contributed by atoms with E-state index in [0.29, 0.717) is 10.8 Å². The number of fused-ring (bicyclic) bond motifs is 7. The SMILES string of the molecule is CC(C)(C)C1CC2CCC3CC(C(C)(C)C)CC4C(C5CCC6B7C8CC(C9CCCCC9)CCC8N(C8CCC(C9CCCCC9)CC8)C8CC(N9C%10CCCCC%10C%10CCCCC%109)CC(C78)N(C7CCC(C8CCCCC8)CC7)C6C5)CC(C1)C2C34. The molecule has 0 N–H and O–H groups in total. The lowest BCUT2D eigenvalue weighted by Gasteiger charge is -2.71. The van der Waals surface area contributed by atoms with Gasteiger partial charge in [0.15, 0.2) is 6.71 Å². The fourth-order valence-corrected chi connectivity index (χ4v) is 31.7. The zero-order chi connectivity index (χ0) is 59.2. The van der Waals surface area contributed by atoms with Gasteiger partial charge in [-0.25, -0.2) is 0 Å². The molecule has 17 fully saturated rings. The van der Waals surface area contributed by atoms with Gasteiger partial charge in [0.25, 0.3) is 0 Å². The molecule has 0 bridgehead atoms. The molecule has 23 atom stereocenters. The molecule has 14 aliphatic carbocycles. The summed E-state index contributed by atoms with van der Waals surface area (Å²) in [6.07, 6.45) is 72.5. The van der Waals surface area contributed by atoms with Crippen LogP contribution in [-0.2, 0) is 0 Å². The number of likely N-dealkylation sites (tertiary alicyclic amines) is 1. The molecular weight excluding hydrogens is 1060 g/mol. The number of hydrogen-bond donors (Lipinski definition) is 0. The Kier molecular flexibility index (Phi) is 17.6. The molecule has 3 aliphatic heterocycles. The third-order valence-corrected chi connectivity index (χ3v) is 35.2. The summed E-state index contributed by atoms with van der Waals surface area (Å²) in [5.41, 5.74) is 0.910. The zero-order valence-corrected chi connectivity index (χ0v) is 58.8. The van der Waals surface area contributed by atoms with E-state index in [0.717, 1.165) is 185 Å². The largest absolute Gasteiger partial charge is 0.295 e. The van der Waals surface area contributed by atoms with Crippen LogP contribution in [-0.4, -0.2) is 75.8 Å². The number of hydrogen-bond acceptors (Lipinski definition) is 3. The van der Waals surface area contributed by atoms with Gasteiger partial charge in [0.1, 0.15) is 0 Å². The van der Waals surface area contributed by atoms with Crippen LogP contribution in [0.1, 0.15) is 337 Å². The Labute approximate surface area is 544 Å². The predicted molar refractivity (Wildman–Crippen MR) is 371 cm³/mol. The van der Waals surface area contributed by atoms with Crippen LogP contribution >= 0.6 is 0 Å². The average Bonchev–Trinajstić information content (AvgIpc) is 0.775. The lowest BCUT2D eigenvalue weighted by atomic mass is 9.18. The molecule has 4 heteroatoms. The summed E-state index contributed by atoms with van der Waals surface area (Å²) in [6, 6.07) is 7.88. The second kappa shape index (κ2) is 25.1. The quantitative estimate of drug-likeness (QED) is 0.235. The van der Waals surface area contributed by atoms with Crippen LogP contribution in [0.4, 0.5) is 0 Å². The molecule has 23 unspecified atom stereocenters. The molecule has 3 saturated heterocycles.